The Balaban J connectivity index is 1.45. The van der Waals surface area contributed by atoms with E-state index in [9.17, 15) is 18.8 Å². The Morgan fingerprint density at radius 3 is 2.51 bits per heavy atom. The van der Waals surface area contributed by atoms with Crippen LogP contribution in [-0.2, 0) is 11.3 Å². The third-order valence-electron chi connectivity index (χ3n) is 6.27. The topological polar surface area (TPSA) is 91.7 Å². The van der Waals surface area contributed by atoms with Crippen molar-refractivity contribution in [2.24, 2.45) is 5.92 Å². The standard InChI is InChI=1S/C27H28FN3O4/c1-18-6-4-7-20(16-18)25(32)30-24(26(33)29-17-21-8-5-15-35-21)19-11-13-31(14-12-19)27(34)22-9-2-3-10-23(22)28/h2-10,15-16,19,24H,11-14,17H2,1H3,(H,29,33)(H,30,32). The molecule has 3 aromatic rings. The van der Waals surface area contributed by atoms with Crippen LogP contribution in [0.15, 0.2) is 71.3 Å². The summed E-state index contributed by atoms with van der Waals surface area (Å²) >= 11 is 0. The first-order chi connectivity index (χ1) is 16.9. The number of carbonyl (C=O) groups excluding carboxylic acids is 3. The van der Waals surface area contributed by atoms with Crippen molar-refractivity contribution < 1.29 is 23.2 Å². The Hall–Kier alpha value is -3.94. The van der Waals surface area contributed by atoms with Gasteiger partial charge in [0.1, 0.15) is 17.6 Å². The van der Waals surface area contributed by atoms with Crippen LogP contribution in [0.2, 0.25) is 0 Å². The maximum absolute atomic E-state index is 14.1. The number of halogens is 1. The van der Waals surface area contributed by atoms with Gasteiger partial charge in [-0.05, 0) is 62.1 Å². The molecular formula is C27H28FN3O4. The van der Waals surface area contributed by atoms with Gasteiger partial charge in [0.05, 0.1) is 18.4 Å². The molecule has 1 saturated heterocycles. The number of likely N-dealkylation sites (tertiary alicyclic amines) is 1. The van der Waals surface area contributed by atoms with E-state index in [2.05, 4.69) is 10.6 Å². The molecule has 2 heterocycles. The lowest BCUT2D eigenvalue weighted by Gasteiger charge is -2.36. The smallest absolute Gasteiger partial charge is 0.256 e. The molecule has 0 radical (unpaired) electrons. The van der Waals surface area contributed by atoms with Gasteiger partial charge in [-0.25, -0.2) is 4.39 Å². The molecule has 0 bridgehead atoms. The van der Waals surface area contributed by atoms with Crippen molar-refractivity contribution in [3.8, 4) is 0 Å². The summed E-state index contributed by atoms with van der Waals surface area (Å²) in [4.78, 5) is 40.5. The number of furan rings is 1. The number of rotatable bonds is 7. The highest BCUT2D eigenvalue weighted by Gasteiger charge is 2.34. The van der Waals surface area contributed by atoms with Gasteiger partial charge in [0, 0.05) is 18.7 Å². The first-order valence-corrected chi connectivity index (χ1v) is 11.6. The van der Waals surface area contributed by atoms with E-state index in [4.69, 9.17) is 4.42 Å². The molecule has 0 spiro atoms. The second-order valence-electron chi connectivity index (χ2n) is 8.73. The predicted molar refractivity (Wildman–Crippen MR) is 128 cm³/mol. The van der Waals surface area contributed by atoms with Gasteiger partial charge >= 0.3 is 0 Å². The molecule has 0 saturated carbocycles. The maximum Gasteiger partial charge on any atom is 0.256 e. The minimum absolute atomic E-state index is 0.0337. The van der Waals surface area contributed by atoms with Gasteiger partial charge in [0.25, 0.3) is 11.8 Å². The number of hydrogen-bond donors (Lipinski definition) is 2. The number of piperidine rings is 1. The summed E-state index contributed by atoms with van der Waals surface area (Å²) in [7, 11) is 0. The van der Waals surface area contributed by atoms with Crippen LogP contribution in [0.3, 0.4) is 0 Å². The molecule has 2 aromatic carbocycles. The van der Waals surface area contributed by atoms with E-state index in [0.29, 0.717) is 37.3 Å². The van der Waals surface area contributed by atoms with Gasteiger partial charge in [0.15, 0.2) is 0 Å². The minimum Gasteiger partial charge on any atom is -0.467 e. The highest BCUT2D eigenvalue weighted by atomic mass is 19.1. The molecular weight excluding hydrogens is 449 g/mol. The molecule has 0 aliphatic carbocycles. The molecule has 8 heteroatoms. The SMILES string of the molecule is Cc1cccc(C(=O)NC(C(=O)NCc2ccco2)C2CCN(C(=O)c3ccccc3F)CC2)c1. The third kappa shape index (κ3) is 5.95. The van der Waals surface area contributed by atoms with Crippen molar-refractivity contribution in [1.29, 1.82) is 0 Å². The average Bonchev–Trinajstić information content (AvgIpc) is 3.39. The monoisotopic (exact) mass is 477 g/mol. The fourth-order valence-corrected chi connectivity index (χ4v) is 4.35. The van der Waals surface area contributed by atoms with Crippen molar-refractivity contribution in [3.05, 3.63) is 95.2 Å². The molecule has 1 unspecified atom stereocenters. The summed E-state index contributed by atoms with van der Waals surface area (Å²) in [6.07, 6.45) is 2.51. The van der Waals surface area contributed by atoms with Gasteiger partial charge in [0.2, 0.25) is 5.91 Å². The molecule has 1 aromatic heterocycles. The lowest BCUT2D eigenvalue weighted by Crippen LogP contribution is -2.53. The second-order valence-corrected chi connectivity index (χ2v) is 8.73. The Morgan fingerprint density at radius 1 is 1.06 bits per heavy atom. The summed E-state index contributed by atoms with van der Waals surface area (Å²) in [5.74, 6) is -1.17. The van der Waals surface area contributed by atoms with E-state index in [1.54, 1.807) is 47.4 Å². The Labute approximate surface area is 203 Å². The molecule has 1 atom stereocenters. The lowest BCUT2D eigenvalue weighted by molar-refractivity contribution is -0.124. The highest BCUT2D eigenvalue weighted by molar-refractivity contribution is 5.98. The van der Waals surface area contributed by atoms with Gasteiger partial charge in [-0.1, -0.05) is 29.8 Å². The fourth-order valence-electron chi connectivity index (χ4n) is 4.35. The first kappa shape index (κ1) is 24.2. The van der Waals surface area contributed by atoms with Crippen LogP contribution in [-0.4, -0.2) is 41.8 Å². The fraction of sp³-hybridized carbons (Fsp3) is 0.296. The number of nitrogens with one attached hydrogen (secondary N) is 2. The normalized spacial score (nSPS) is 14.9. The van der Waals surface area contributed by atoms with E-state index in [1.165, 1.54) is 18.4 Å². The second kappa shape index (κ2) is 11.0. The van der Waals surface area contributed by atoms with Crippen LogP contribution in [0.4, 0.5) is 4.39 Å². The molecule has 182 valence electrons. The van der Waals surface area contributed by atoms with E-state index < -0.39 is 11.9 Å². The predicted octanol–water partition coefficient (Wildman–Crippen LogP) is 3.69. The number of amides is 3. The third-order valence-corrected chi connectivity index (χ3v) is 6.27. The van der Waals surface area contributed by atoms with Crippen molar-refractivity contribution in [2.45, 2.75) is 32.4 Å². The maximum atomic E-state index is 14.1. The Morgan fingerprint density at radius 2 is 1.83 bits per heavy atom. The van der Waals surface area contributed by atoms with Crippen LogP contribution in [0.5, 0.6) is 0 Å². The quantitative estimate of drug-likeness (QED) is 0.543. The van der Waals surface area contributed by atoms with Gasteiger partial charge in [-0.15, -0.1) is 0 Å². The summed E-state index contributed by atoms with van der Waals surface area (Å²) < 4.78 is 19.4. The van der Waals surface area contributed by atoms with E-state index >= 15 is 0 Å². The zero-order valence-electron chi connectivity index (χ0n) is 19.5. The van der Waals surface area contributed by atoms with Crippen LogP contribution in [0.25, 0.3) is 0 Å². The zero-order valence-corrected chi connectivity index (χ0v) is 19.5. The lowest BCUT2D eigenvalue weighted by atomic mass is 9.88. The van der Waals surface area contributed by atoms with Crippen molar-refractivity contribution in [1.82, 2.24) is 15.5 Å². The molecule has 1 fully saturated rings. The summed E-state index contributed by atoms with van der Waals surface area (Å²) in [5, 5.41) is 5.74. The van der Waals surface area contributed by atoms with Gasteiger partial charge < -0.3 is 20.0 Å². The largest absolute Gasteiger partial charge is 0.467 e. The molecule has 1 aliphatic heterocycles. The van der Waals surface area contributed by atoms with Crippen molar-refractivity contribution in [2.75, 3.05) is 13.1 Å². The van der Waals surface area contributed by atoms with Gasteiger partial charge in [-0.2, -0.15) is 0 Å². The van der Waals surface area contributed by atoms with Crippen LogP contribution in [0, 0.1) is 18.7 Å². The van der Waals surface area contributed by atoms with E-state index in [-0.39, 0.29) is 35.7 Å². The number of nitrogens with zero attached hydrogens (tertiary/aromatic N) is 1. The zero-order chi connectivity index (χ0) is 24.8. The number of aryl methyl sites for hydroxylation is 1. The minimum atomic E-state index is -0.788. The molecule has 4 rings (SSSR count). The molecule has 3 amide bonds. The molecule has 1 aliphatic rings. The summed E-state index contributed by atoms with van der Waals surface area (Å²) in [6, 6.07) is 15.8. The molecule has 2 N–H and O–H groups in total. The van der Waals surface area contributed by atoms with Gasteiger partial charge in [-0.3, -0.25) is 14.4 Å². The Bertz CT molecular complexity index is 1190. The highest BCUT2D eigenvalue weighted by Crippen LogP contribution is 2.24. The van der Waals surface area contributed by atoms with Crippen LogP contribution >= 0.6 is 0 Å². The van der Waals surface area contributed by atoms with Crippen molar-refractivity contribution >= 4 is 17.7 Å². The van der Waals surface area contributed by atoms with Crippen LogP contribution in [0.1, 0.15) is 44.9 Å². The number of hydrogen-bond acceptors (Lipinski definition) is 4. The van der Waals surface area contributed by atoms with Crippen LogP contribution < -0.4 is 10.6 Å². The average molecular weight is 478 g/mol. The summed E-state index contributed by atoms with van der Waals surface area (Å²) in [6.45, 7) is 2.82. The molecule has 7 nitrogen and oxygen atoms in total. The van der Waals surface area contributed by atoms with E-state index in [1.807, 2.05) is 13.0 Å². The number of benzene rings is 2. The molecule has 35 heavy (non-hydrogen) atoms. The Kier molecular flexibility index (Phi) is 7.60. The van der Waals surface area contributed by atoms with E-state index in [0.717, 1.165) is 5.56 Å². The first-order valence-electron chi connectivity index (χ1n) is 11.6. The van der Waals surface area contributed by atoms with Crippen molar-refractivity contribution in [3.63, 3.8) is 0 Å². The number of carbonyl (C=O) groups is 3. The summed E-state index contributed by atoms with van der Waals surface area (Å²) in [5.41, 5.74) is 1.45.